The van der Waals surface area contributed by atoms with Crippen molar-refractivity contribution in [3.05, 3.63) is 47.5 Å². The van der Waals surface area contributed by atoms with Crippen molar-refractivity contribution in [1.29, 1.82) is 0 Å². The average molecular weight is 357 g/mol. The lowest BCUT2D eigenvalue weighted by Crippen LogP contribution is -2.40. The fourth-order valence-electron chi connectivity index (χ4n) is 3.42. The van der Waals surface area contributed by atoms with Crippen molar-refractivity contribution in [3.63, 3.8) is 0 Å². The first-order chi connectivity index (χ1) is 12.3. The van der Waals surface area contributed by atoms with Gasteiger partial charge in [-0.1, -0.05) is 76.5 Å². The van der Waals surface area contributed by atoms with Crippen molar-refractivity contribution >= 4 is 11.6 Å². The first-order valence-corrected chi connectivity index (χ1v) is 9.82. The van der Waals surface area contributed by atoms with E-state index in [9.17, 15) is 14.7 Å². The van der Waals surface area contributed by atoms with Gasteiger partial charge in [0, 0.05) is 11.1 Å². The minimum absolute atomic E-state index is 0.0854. The second kappa shape index (κ2) is 9.27. The largest absolute Gasteiger partial charge is 0.384 e. The monoisotopic (exact) mass is 356 g/mol. The molecule has 1 aromatic carbocycles. The molecule has 0 amide bonds. The zero-order valence-corrected chi connectivity index (χ0v) is 16.3. The predicted octanol–water partition coefficient (Wildman–Crippen LogP) is 5.38. The molecule has 26 heavy (non-hydrogen) atoms. The first-order valence-electron chi connectivity index (χ1n) is 9.82. The van der Waals surface area contributed by atoms with Crippen LogP contribution in [0, 0.1) is 11.3 Å². The Morgan fingerprint density at radius 1 is 0.923 bits per heavy atom. The molecular formula is C23H32O3. The van der Waals surface area contributed by atoms with E-state index in [1.54, 1.807) is 24.3 Å². The zero-order chi connectivity index (χ0) is 19.2. The summed E-state index contributed by atoms with van der Waals surface area (Å²) in [7, 11) is 0. The standard InChI is InChI=1S/C23H32O3/c1-23(2,3)16-12-8-6-4-5-7-9-15-19-20(24)17-13-10-11-14-18(17)21(25)22(19)26/h8,10-14,19,22,26H,4-7,9,15-16H2,1-3H3/b12-8+. The van der Waals surface area contributed by atoms with Crippen LogP contribution in [0.15, 0.2) is 36.4 Å². The van der Waals surface area contributed by atoms with Crippen LogP contribution in [0.4, 0.5) is 0 Å². The number of aliphatic hydroxyl groups excluding tert-OH is 1. The van der Waals surface area contributed by atoms with Crippen molar-refractivity contribution < 1.29 is 14.7 Å². The van der Waals surface area contributed by atoms with Crippen molar-refractivity contribution in [1.82, 2.24) is 0 Å². The number of fused-ring (bicyclic) bond motifs is 1. The Kier molecular flexibility index (Phi) is 7.33. The van der Waals surface area contributed by atoms with Crippen molar-refractivity contribution in [2.24, 2.45) is 11.3 Å². The number of allylic oxidation sites excluding steroid dienone is 2. The van der Waals surface area contributed by atoms with Crippen LogP contribution in [-0.2, 0) is 0 Å². The van der Waals surface area contributed by atoms with E-state index in [1.165, 1.54) is 0 Å². The Labute approximate surface area is 157 Å². The first kappa shape index (κ1) is 20.6. The fourth-order valence-corrected chi connectivity index (χ4v) is 3.42. The number of unbranched alkanes of at least 4 members (excludes halogenated alkanes) is 4. The quantitative estimate of drug-likeness (QED) is 0.503. The van der Waals surface area contributed by atoms with E-state index in [2.05, 4.69) is 32.9 Å². The van der Waals surface area contributed by atoms with E-state index < -0.39 is 12.0 Å². The van der Waals surface area contributed by atoms with Crippen molar-refractivity contribution in [2.45, 2.75) is 71.8 Å². The molecule has 0 fully saturated rings. The van der Waals surface area contributed by atoms with E-state index in [1.807, 2.05) is 0 Å². The van der Waals surface area contributed by atoms with E-state index in [0.717, 1.165) is 38.5 Å². The second-order valence-corrected chi connectivity index (χ2v) is 8.55. The molecule has 3 heteroatoms. The molecule has 0 aromatic heterocycles. The third-order valence-corrected chi connectivity index (χ3v) is 4.98. The van der Waals surface area contributed by atoms with Gasteiger partial charge in [0.05, 0.1) is 5.92 Å². The highest BCUT2D eigenvalue weighted by Crippen LogP contribution is 2.29. The van der Waals surface area contributed by atoms with Crippen LogP contribution in [0.25, 0.3) is 0 Å². The van der Waals surface area contributed by atoms with Crippen LogP contribution in [-0.4, -0.2) is 22.8 Å². The maximum absolute atomic E-state index is 12.6. The molecule has 0 spiro atoms. The highest BCUT2D eigenvalue weighted by Gasteiger charge is 2.39. The van der Waals surface area contributed by atoms with Gasteiger partial charge in [0.15, 0.2) is 11.6 Å². The maximum Gasteiger partial charge on any atom is 0.192 e. The van der Waals surface area contributed by atoms with Crippen LogP contribution in [0.2, 0.25) is 0 Å². The Morgan fingerprint density at radius 3 is 2.19 bits per heavy atom. The number of rotatable bonds is 8. The average Bonchev–Trinajstić information content (AvgIpc) is 2.60. The SMILES string of the molecule is CC(C)(C)C/C=C/CCCCCCC1C(=O)c2ccccc2C(=O)C1O. The summed E-state index contributed by atoms with van der Waals surface area (Å²) in [6.07, 6.45) is 10.3. The van der Waals surface area contributed by atoms with Crippen molar-refractivity contribution in [2.75, 3.05) is 0 Å². The normalized spacial score (nSPS) is 20.6. The third-order valence-electron chi connectivity index (χ3n) is 4.98. The number of Topliss-reactive ketones (excluding diaryl/α,β-unsaturated/α-hetero) is 2. The minimum Gasteiger partial charge on any atom is -0.384 e. The molecule has 0 radical (unpaired) electrons. The maximum atomic E-state index is 12.6. The fraction of sp³-hybridized carbons (Fsp3) is 0.565. The van der Waals surface area contributed by atoms with E-state index in [-0.39, 0.29) is 11.6 Å². The molecule has 1 N–H and O–H groups in total. The van der Waals surface area contributed by atoms with Crippen LogP contribution < -0.4 is 0 Å². The van der Waals surface area contributed by atoms with Crippen molar-refractivity contribution in [3.8, 4) is 0 Å². The number of benzene rings is 1. The van der Waals surface area contributed by atoms with Crippen LogP contribution in [0.1, 0.15) is 86.4 Å². The highest BCUT2D eigenvalue weighted by atomic mass is 16.3. The Bertz CT molecular complexity index is 652. The topological polar surface area (TPSA) is 54.4 Å². The van der Waals surface area contributed by atoms with Gasteiger partial charge in [-0.05, 0) is 31.1 Å². The summed E-state index contributed by atoms with van der Waals surface area (Å²) in [5.74, 6) is -0.976. The van der Waals surface area contributed by atoms with Gasteiger partial charge in [-0.25, -0.2) is 0 Å². The summed E-state index contributed by atoms with van der Waals surface area (Å²) < 4.78 is 0. The molecule has 1 aliphatic carbocycles. The summed E-state index contributed by atoms with van der Waals surface area (Å²) >= 11 is 0. The Balaban J connectivity index is 1.72. The van der Waals surface area contributed by atoms with Gasteiger partial charge in [0.25, 0.3) is 0 Å². The van der Waals surface area contributed by atoms with Gasteiger partial charge >= 0.3 is 0 Å². The lowest BCUT2D eigenvalue weighted by Gasteiger charge is -2.27. The molecule has 0 aliphatic heterocycles. The molecule has 3 nitrogen and oxygen atoms in total. The molecule has 2 atom stereocenters. The summed E-state index contributed by atoms with van der Waals surface area (Å²) in [5, 5.41) is 10.2. The van der Waals surface area contributed by atoms with Crippen LogP contribution in [0.3, 0.4) is 0 Å². The van der Waals surface area contributed by atoms with Gasteiger partial charge < -0.3 is 5.11 Å². The molecule has 0 saturated carbocycles. The van der Waals surface area contributed by atoms with E-state index in [4.69, 9.17) is 0 Å². The number of ketones is 2. The van der Waals surface area contributed by atoms with Gasteiger partial charge in [-0.3, -0.25) is 9.59 Å². The lowest BCUT2D eigenvalue weighted by atomic mass is 9.77. The van der Waals surface area contributed by atoms with Gasteiger partial charge in [0.2, 0.25) is 0 Å². The van der Waals surface area contributed by atoms with Gasteiger partial charge in [-0.15, -0.1) is 0 Å². The molecule has 2 unspecified atom stereocenters. The summed E-state index contributed by atoms with van der Waals surface area (Å²) in [6, 6.07) is 6.82. The number of hydrogen-bond acceptors (Lipinski definition) is 3. The summed E-state index contributed by atoms with van der Waals surface area (Å²) in [6.45, 7) is 6.71. The number of carbonyl (C=O) groups is 2. The van der Waals surface area contributed by atoms with Crippen LogP contribution >= 0.6 is 0 Å². The summed E-state index contributed by atoms with van der Waals surface area (Å²) in [4.78, 5) is 24.8. The number of carbonyl (C=O) groups excluding carboxylic acids is 2. The molecule has 0 saturated heterocycles. The highest BCUT2D eigenvalue weighted by molar-refractivity contribution is 6.16. The minimum atomic E-state index is -1.18. The lowest BCUT2D eigenvalue weighted by molar-refractivity contribution is 0.0483. The molecule has 0 heterocycles. The second-order valence-electron chi connectivity index (χ2n) is 8.55. The number of hydrogen-bond donors (Lipinski definition) is 1. The molecule has 2 rings (SSSR count). The smallest absolute Gasteiger partial charge is 0.192 e. The molecule has 142 valence electrons. The zero-order valence-electron chi connectivity index (χ0n) is 16.3. The van der Waals surface area contributed by atoms with E-state index in [0.29, 0.717) is 23.0 Å². The predicted molar refractivity (Wildman–Crippen MR) is 106 cm³/mol. The molecule has 1 aromatic rings. The van der Waals surface area contributed by atoms with E-state index >= 15 is 0 Å². The third kappa shape index (κ3) is 5.63. The molecular weight excluding hydrogens is 324 g/mol. The Hall–Kier alpha value is -1.74. The molecule has 1 aliphatic rings. The summed E-state index contributed by atoms with van der Waals surface area (Å²) in [5.41, 5.74) is 1.18. The number of aliphatic hydroxyl groups is 1. The van der Waals surface area contributed by atoms with Gasteiger partial charge in [0.1, 0.15) is 6.10 Å². The van der Waals surface area contributed by atoms with Gasteiger partial charge in [-0.2, -0.15) is 0 Å². The Morgan fingerprint density at radius 2 is 1.54 bits per heavy atom. The van der Waals surface area contributed by atoms with Crippen LogP contribution in [0.5, 0.6) is 0 Å². The molecule has 0 bridgehead atoms.